The van der Waals surface area contributed by atoms with Crippen molar-refractivity contribution in [3.8, 4) is 5.75 Å². The SMILES string of the molecule is COc1ccc2c(c1)C(C(=O)N(Cc1ccccn1)Cc1ccco1)CC(=O)N2. The molecule has 0 saturated heterocycles. The Hall–Kier alpha value is -3.61. The summed E-state index contributed by atoms with van der Waals surface area (Å²) >= 11 is 0. The summed E-state index contributed by atoms with van der Waals surface area (Å²) < 4.78 is 10.8. The molecular formula is C22H21N3O4. The first-order valence-corrected chi connectivity index (χ1v) is 9.33. The first-order chi connectivity index (χ1) is 14.1. The number of hydrogen-bond acceptors (Lipinski definition) is 5. The Balaban J connectivity index is 1.67. The zero-order chi connectivity index (χ0) is 20.2. The van der Waals surface area contributed by atoms with E-state index in [1.807, 2.05) is 30.3 Å². The topological polar surface area (TPSA) is 84.7 Å². The predicted molar refractivity (Wildman–Crippen MR) is 106 cm³/mol. The molecule has 3 heterocycles. The molecule has 0 bridgehead atoms. The van der Waals surface area contributed by atoms with Crippen molar-refractivity contribution in [1.82, 2.24) is 9.88 Å². The van der Waals surface area contributed by atoms with Crippen LogP contribution in [0.5, 0.6) is 5.75 Å². The molecule has 0 aliphatic carbocycles. The van der Waals surface area contributed by atoms with E-state index in [4.69, 9.17) is 9.15 Å². The van der Waals surface area contributed by atoms with Gasteiger partial charge in [-0.05, 0) is 48.0 Å². The Labute approximate surface area is 168 Å². The Morgan fingerprint density at radius 1 is 1.24 bits per heavy atom. The van der Waals surface area contributed by atoms with Crippen molar-refractivity contribution in [3.05, 3.63) is 78.0 Å². The number of anilines is 1. The van der Waals surface area contributed by atoms with Crippen molar-refractivity contribution in [2.24, 2.45) is 0 Å². The fourth-order valence-corrected chi connectivity index (χ4v) is 3.50. The second kappa shape index (κ2) is 8.18. The minimum Gasteiger partial charge on any atom is -0.497 e. The van der Waals surface area contributed by atoms with Crippen LogP contribution in [0.3, 0.4) is 0 Å². The fraction of sp³-hybridized carbons (Fsp3) is 0.227. The van der Waals surface area contributed by atoms with Gasteiger partial charge in [0, 0.05) is 18.3 Å². The van der Waals surface area contributed by atoms with E-state index in [-0.39, 0.29) is 18.2 Å². The van der Waals surface area contributed by atoms with E-state index in [0.29, 0.717) is 30.3 Å². The van der Waals surface area contributed by atoms with Crippen LogP contribution in [0.4, 0.5) is 5.69 Å². The molecular weight excluding hydrogens is 370 g/mol. The largest absolute Gasteiger partial charge is 0.497 e. The number of rotatable bonds is 6. The summed E-state index contributed by atoms with van der Waals surface area (Å²) in [4.78, 5) is 31.8. The molecule has 4 rings (SSSR count). The molecule has 1 aliphatic rings. The van der Waals surface area contributed by atoms with E-state index >= 15 is 0 Å². The van der Waals surface area contributed by atoms with Gasteiger partial charge in [-0.1, -0.05) is 6.07 Å². The molecule has 2 amide bonds. The molecule has 7 heteroatoms. The Morgan fingerprint density at radius 2 is 2.14 bits per heavy atom. The zero-order valence-electron chi connectivity index (χ0n) is 16.0. The van der Waals surface area contributed by atoms with Crippen molar-refractivity contribution in [1.29, 1.82) is 0 Å². The smallest absolute Gasteiger partial charge is 0.231 e. The lowest BCUT2D eigenvalue weighted by atomic mass is 9.89. The van der Waals surface area contributed by atoms with Crippen LogP contribution >= 0.6 is 0 Å². The number of hydrogen-bond donors (Lipinski definition) is 1. The quantitative estimate of drug-likeness (QED) is 0.697. The number of benzene rings is 1. The highest BCUT2D eigenvalue weighted by Crippen LogP contribution is 2.36. The maximum absolute atomic E-state index is 13.6. The van der Waals surface area contributed by atoms with E-state index < -0.39 is 5.92 Å². The Bertz CT molecular complexity index is 1000. The first kappa shape index (κ1) is 18.7. The molecule has 1 unspecified atom stereocenters. The third kappa shape index (κ3) is 4.13. The molecule has 0 spiro atoms. The molecule has 1 aliphatic heterocycles. The van der Waals surface area contributed by atoms with Crippen LogP contribution in [0.2, 0.25) is 0 Å². The number of methoxy groups -OCH3 is 1. The lowest BCUT2D eigenvalue weighted by Crippen LogP contribution is -2.38. The predicted octanol–water partition coefficient (Wildman–Crippen LogP) is 3.34. The molecule has 148 valence electrons. The number of nitrogens with one attached hydrogen (secondary N) is 1. The highest BCUT2D eigenvalue weighted by Gasteiger charge is 2.34. The van der Waals surface area contributed by atoms with Crippen molar-refractivity contribution in [3.63, 3.8) is 0 Å². The van der Waals surface area contributed by atoms with Crippen LogP contribution in [0.15, 0.2) is 65.4 Å². The van der Waals surface area contributed by atoms with Gasteiger partial charge in [-0.2, -0.15) is 0 Å². The summed E-state index contributed by atoms with van der Waals surface area (Å²) in [6, 6.07) is 14.5. The van der Waals surface area contributed by atoms with E-state index in [0.717, 1.165) is 11.3 Å². The van der Waals surface area contributed by atoms with Crippen LogP contribution < -0.4 is 10.1 Å². The van der Waals surface area contributed by atoms with Gasteiger partial charge in [0.15, 0.2) is 0 Å². The van der Waals surface area contributed by atoms with Gasteiger partial charge in [0.25, 0.3) is 0 Å². The number of amides is 2. The van der Waals surface area contributed by atoms with Gasteiger partial charge in [-0.3, -0.25) is 14.6 Å². The lowest BCUT2D eigenvalue weighted by Gasteiger charge is -2.30. The molecule has 1 aromatic carbocycles. The summed E-state index contributed by atoms with van der Waals surface area (Å²) in [7, 11) is 1.57. The maximum Gasteiger partial charge on any atom is 0.231 e. The molecule has 0 fully saturated rings. The molecule has 1 atom stereocenters. The number of carbonyl (C=O) groups excluding carboxylic acids is 2. The van der Waals surface area contributed by atoms with Crippen molar-refractivity contribution >= 4 is 17.5 Å². The maximum atomic E-state index is 13.6. The van der Waals surface area contributed by atoms with Gasteiger partial charge < -0.3 is 19.4 Å². The molecule has 3 aromatic rings. The number of pyridine rings is 1. The average Bonchev–Trinajstić information content (AvgIpc) is 3.26. The van der Waals surface area contributed by atoms with Crippen LogP contribution in [0.25, 0.3) is 0 Å². The number of ether oxygens (including phenoxy) is 1. The number of nitrogens with zero attached hydrogens (tertiary/aromatic N) is 2. The normalized spacial score (nSPS) is 15.3. The van der Waals surface area contributed by atoms with E-state index in [1.165, 1.54) is 0 Å². The fourth-order valence-electron chi connectivity index (χ4n) is 3.50. The third-order valence-electron chi connectivity index (χ3n) is 4.91. The number of furan rings is 1. The average molecular weight is 391 g/mol. The summed E-state index contributed by atoms with van der Waals surface area (Å²) in [6.07, 6.45) is 3.35. The second-order valence-corrected chi connectivity index (χ2v) is 6.85. The van der Waals surface area contributed by atoms with Gasteiger partial charge in [-0.15, -0.1) is 0 Å². The number of carbonyl (C=O) groups is 2. The van der Waals surface area contributed by atoms with Crippen LogP contribution in [-0.2, 0) is 22.7 Å². The number of aromatic nitrogens is 1. The van der Waals surface area contributed by atoms with Gasteiger partial charge in [0.1, 0.15) is 11.5 Å². The van der Waals surface area contributed by atoms with Crippen LogP contribution in [0.1, 0.15) is 29.4 Å². The summed E-state index contributed by atoms with van der Waals surface area (Å²) in [5, 5.41) is 2.83. The van der Waals surface area contributed by atoms with Gasteiger partial charge in [0.2, 0.25) is 11.8 Å². The van der Waals surface area contributed by atoms with Gasteiger partial charge in [-0.25, -0.2) is 0 Å². The second-order valence-electron chi connectivity index (χ2n) is 6.85. The molecule has 0 saturated carbocycles. The van der Waals surface area contributed by atoms with E-state index in [9.17, 15) is 9.59 Å². The lowest BCUT2D eigenvalue weighted by molar-refractivity contribution is -0.136. The van der Waals surface area contributed by atoms with Crippen LogP contribution in [0, 0.1) is 0 Å². The molecule has 0 radical (unpaired) electrons. The Morgan fingerprint density at radius 3 is 2.86 bits per heavy atom. The highest BCUT2D eigenvalue weighted by molar-refractivity contribution is 6.01. The molecule has 2 aromatic heterocycles. The molecule has 1 N–H and O–H groups in total. The van der Waals surface area contributed by atoms with Gasteiger partial charge in [0.05, 0.1) is 38.1 Å². The van der Waals surface area contributed by atoms with Crippen molar-refractivity contribution in [2.45, 2.75) is 25.4 Å². The molecule has 7 nitrogen and oxygen atoms in total. The minimum atomic E-state index is -0.604. The summed E-state index contributed by atoms with van der Waals surface area (Å²) in [5.74, 6) is 0.362. The van der Waals surface area contributed by atoms with Crippen molar-refractivity contribution < 1.29 is 18.7 Å². The minimum absolute atomic E-state index is 0.0792. The first-order valence-electron chi connectivity index (χ1n) is 9.33. The van der Waals surface area contributed by atoms with Gasteiger partial charge >= 0.3 is 0 Å². The molecule has 29 heavy (non-hydrogen) atoms. The van der Waals surface area contributed by atoms with Crippen LogP contribution in [-0.4, -0.2) is 28.8 Å². The third-order valence-corrected chi connectivity index (χ3v) is 4.91. The van der Waals surface area contributed by atoms with Crippen molar-refractivity contribution in [2.75, 3.05) is 12.4 Å². The summed E-state index contributed by atoms with van der Waals surface area (Å²) in [6.45, 7) is 0.609. The van der Waals surface area contributed by atoms with E-state index in [1.54, 1.807) is 42.7 Å². The Kier molecular flexibility index (Phi) is 5.29. The van der Waals surface area contributed by atoms with E-state index in [2.05, 4.69) is 10.3 Å². The summed E-state index contributed by atoms with van der Waals surface area (Å²) in [5.41, 5.74) is 2.15. The zero-order valence-corrected chi connectivity index (χ0v) is 16.0. The highest BCUT2D eigenvalue weighted by atomic mass is 16.5. The number of fused-ring (bicyclic) bond motifs is 1. The monoisotopic (exact) mass is 391 g/mol. The standard InChI is InChI=1S/C22H21N3O4/c1-28-16-7-8-20-18(11-16)19(12-21(26)24-20)22(27)25(14-17-6-4-10-29-17)13-15-5-2-3-9-23-15/h2-11,19H,12-14H2,1H3,(H,24,26).